The molecule has 1 amide bonds. The maximum atomic E-state index is 12.2. The number of anilines is 3. The first-order valence-electron chi connectivity index (χ1n) is 10.1. The van der Waals surface area contributed by atoms with Crippen molar-refractivity contribution in [2.45, 2.75) is 46.5 Å². The third kappa shape index (κ3) is 4.13. The molecule has 1 aromatic carbocycles. The Bertz CT molecular complexity index is 1000. The fourth-order valence-corrected chi connectivity index (χ4v) is 3.67. The molecule has 0 saturated heterocycles. The van der Waals surface area contributed by atoms with Gasteiger partial charge in [-0.25, -0.2) is 4.68 Å². The molecule has 0 bridgehead atoms. The van der Waals surface area contributed by atoms with E-state index in [4.69, 9.17) is 0 Å². The van der Waals surface area contributed by atoms with Crippen LogP contribution in [-0.2, 0) is 4.79 Å². The van der Waals surface area contributed by atoms with Crippen molar-refractivity contribution in [3.8, 4) is 5.82 Å². The number of nitrogens with one attached hydrogen (secondary N) is 2. The lowest BCUT2D eigenvalue weighted by molar-refractivity contribution is -0.119. The molecule has 3 aromatic rings. The largest absolute Gasteiger partial charge is 0.339 e. The number of aromatic nitrogens is 4. The van der Waals surface area contributed by atoms with E-state index in [9.17, 15) is 4.79 Å². The van der Waals surface area contributed by atoms with Crippen molar-refractivity contribution in [1.29, 1.82) is 0 Å². The first kappa shape index (κ1) is 19.1. The zero-order valence-electron chi connectivity index (χ0n) is 17.1. The van der Waals surface area contributed by atoms with Crippen LogP contribution in [0.2, 0.25) is 0 Å². The van der Waals surface area contributed by atoms with Gasteiger partial charge in [0, 0.05) is 23.0 Å². The average Bonchev–Trinajstić information content (AvgIpc) is 3.35. The van der Waals surface area contributed by atoms with Gasteiger partial charge < -0.3 is 10.6 Å². The first-order valence-corrected chi connectivity index (χ1v) is 10.1. The van der Waals surface area contributed by atoms with Crippen LogP contribution in [0.1, 0.15) is 42.6 Å². The Morgan fingerprint density at radius 1 is 0.966 bits per heavy atom. The van der Waals surface area contributed by atoms with E-state index in [1.54, 1.807) is 0 Å². The van der Waals surface area contributed by atoms with Crippen molar-refractivity contribution >= 4 is 23.1 Å². The smallest absolute Gasteiger partial charge is 0.227 e. The van der Waals surface area contributed by atoms with Crippen molar-refractivity contribution in [2.75, 3.05) is 10.6 Å². The number of rotatable bonds is 5. The second-order valence-corrected chi connectivity index (χ2v) is 7.66. The zero-order valence-corrected chi connectivity index (χ0v) is 17.1. The molecular formula is C22H26N6O. The number of aryl methyl sites for hydroxylation is 1. The minimum absolute atomic E-state index is 0.129. The molecule has 29 heavy (non-hydrogen) atoms. The lowest BCUT2D eigenvalue weighted by Gasteiger charge is -2.11. The van der Waals surface area contributed by atoms with E-state index >= 15 is 0 Å². The number of hydrogen-bond acceptors (Lipinski definition) is 5. The normalized spacial score (nSPS) is 14.2. The van der Waals surface area contributed by atoms with E-state index in [-0.39, 0.29) is 11.8 Å². The summed E-state index contributed by atoms with van der Waals surface area (Å²) in [5.41, 5.74) is 4.91. The molecule has 0 atom stereocenters. The molecule has 0 spiro atoms. The number of benzene rings is 1. The van der Waals surface area contributed by atoms with Crippen LogP contribution < -0.4 is 10.6 Å². The van der Waals surface area contributed by atoms with Crippen LogP contribution in [0.5, 0.6) is 0 Å². The molecule has 2 aromatic heterocycles. The third-order valence-electron chi connectivity index (χ3n) is 5.67. The van der Waals surface area contributed by atoms with Gasteiger partial charge in [0.25, 0.3) is 0 Å². The van der Waals surface area contributed by atoms with Crippen LogP contribution >= 0.6 is 0 Å². The Kier molecular flexibility index (Phi) is 5.29. The Hall–Kier alpha value is -3.22. The summed E-state index contributed by atoms with van der Waals surface area (Å²) in [7, 11) is 0. The van der Waals surface area contributed by atoms with Gasteiger partial charge in [-0.3, -0.25) is 4.79 Å². The summed E-state index contributed by atoms with van der Waals surface area (Å²) in [6.07, 6.45) is 4.30. The van der Waals surface area contributed by atoms with E-state index < -0.39 is 0 Å². The molecule has 1 aliphatic carbocycles. The van der Waals surface area contributed by atoms with Crippen LogP contribution in [0, 0.1) is 26.7 Å². The topological polar surface area (TPSA) is 84.7 Å². The molecule has 0 aliphatic heterocycles. The predicted octanol–water partition coefficient (Wildman–Crippen LogP) is 4.46. The summed E-state index contributed by atoms with van der Waals surface area (Å²) in [6.45, 7) is 6.07. The van der Waals surface area contributed by atoms with E-state index in [1.165, 1.54) is 0 Å². The van der Waals surface area contributed by atoms with Crippen LogP contribution in [0.3, 0.4) is 0 Å². The molecule has 4 rings (SSSR count). The van der Waals surface area contributed by atoms with Gasteiger partial charge in [-0.2, -0.15) is 5.10 Å². The Balaban J connectivity index is 1.40. The summed E-state index contributed by atoms with van der Waals surface area (Å²) in [5, 5.41) is 19.3. The number of carbonyl (C=O) groups excluding carboxylic acids is 1. The molecule has 7 nitrogen and oxygen atoms in total. The Morgan fingerprint density at radius 2 is 1.66 bits per heavy atom. The van der Waals surface area contributed by atoms with Gasteiger partial charge in [0.05, 0.1) is 5.69 Å². The second-order valence-electron chi connectivity index (χ2n) is 7.66. The fraction of sp³-hybridized carbons (Fsp3) is 0.364. The van der Waals surface area contributed by atoms with E-state index in [1.807, 2.05) is 54.9 Å². The van der Waals surface area contributed by atoms with Crippen molar-refractivity contribution in [3.05, 3.63) is 53.3 Å². The molecule has 0 radical (unpaired) electrons. The number of nitrogens with zero attached hydrogens (tertiary/aromatic N) is 4. The maximum Gasteiger partial charge on any atom is 0.227 e. The van der Waals surface area contributed by atoms with Gasteiger partial charge in [0.2, 0.25) is 5.91 Å². The van der Waals surface area contributed by atoms with Crippen LogP contribution in [0.4, 0.5) is 17.2 Å². The van der Waals surface area contributed by atoms with Gasteiger partial charge in [0.1, 0.15) is 0 Å². The summed E-state index contributed by atoms with van der Waals surface area (Å²) < 4.78 is 1.81. The Morgan fingerprint density at radius 3 is 2.24 bits per heavy atom. The molecule has 1 saturated carbocycles. The van der Waals surface area contributed by atoms with Crippen molar-refractivity contribution in [3.63, 3.8) is 0 Å². The maximum absolute atomic E-state index is 12.2. The number of amides is 1. The standard InChI is InChI=1S/C22H26N6O/c1-14-15(2)27-28(16(14)3)21-13-12-20(25-26-21)23-18-8-10-19(11-9-18)24-22(29)17-6-4-5-7-17/h8-13,17H,4-7H2,1-3H3,(H,23,25)(H,24,29). The zero-order chi connectivity index (χ0) is 20.4. The Labute approximate surface area is 170 Å². The van der Waals surface area contributed by atoms with Crippen molar-refractivity contribution in [2.24, 2.45) is 5.92 Å². The molecular weight excluding hydrogens is 364 g/mol. The van der Waals surface area contributed by atoms with E-state index in [0.29, 0.717) is 11.6 Å². The highest BCUT2D eigenvalue weighted by molar-refractivity contribution is 5.92. The van der Waals surface area contributed by atoms with E-state index in [0.717, 1.165) is 54.0 Å². The highest BCUT2D eigenvalue weighted by Gasteiger charge is 2.22. The lowest BCUT2D eigenvalue weighted by atomic mass is 10.1. The third-order valence-corrected chi connectivity index (χ3v) is 5.67. The SMILES string of the molecule is Cc1nn(-c2ccc(Nc3ccc(NC(=O)C4CCCC4)cc3)nn2)c(C)c1C. The number of hydrogen-bond donors (Lipinski definition) is 2. The molecule has 1 fully saturated rings. The van der Waals surface area contributed by atoms with Crippen LogP contribution in [0.25, 0.3) is 5.82 Å². The molecule has 150 valence electrons. The number of carbonyl (C=O) groups is 1. The summed E-state index contributed by atoms with van der Waals surface area (Å²) in [5.74, 6) is 1.63. The summed E-state index contributed by atoms with van der Waals surface area (Å²) in [4.78, 5) is 12.2. The van der Waals surface area contributed by atoms with Gasteiger partial charge in [-0.15, -0.1) is 10.2 Å². The highest BCUT2D eigenvalue weighted by Crippen LogP contribution is 2.26. The molecule has 0 unspecified atom stereocenters. The van der Waals surface area contributed by atoms with Crippen LogP contribution in [-0.4, -0.2) is 25.9 Å². The minimum Gasteiger partial charge on any atom is -0.339 e. The average molecular weight is 390 g/mol. The predicted molar refractivity (Wildman–Crippen MR) is 114 cm³/mol. The molecule has 7 heteroatoms. The van der Waals surface area contributed by atoms with Gasteiger partial charge >= 0.3 is 0 Å². The monoisotopic (exact) mass is 390 g/mol. The summed E-state index contributed by atoms with van der Waals surface area (Å²) >= 11 is 0. The van der Waals surface area contributed by atoms with Crippen molar-refractivity contribution < 1.29 is 4.79 Å². The molecule has 1 aliphatic rings. The second kappa shape index (κ2) is 8.03. The summed E-state index contributed by atoms with van der Waals surface area (Å²) in [6, 6.07) is 11.4. The van der Waals surface area contributed by atoms with Crippen molar-refractivity contribution in [1.82, 2.24) is 20.0 Å². The quantitative estimate of drug-likeness (QED) is 0.672. The van der Waals surface area contributed by atoms with Crippen LogP contribution in [0.15, 0.2) is 36.4 Å². The van der Waals surface area contributed by atoms with Gasteiger partial charge in [-0.05, 0) is 75.6 Å². The fourth-order valence-electron chi connectivity index (χ4n) is 3.67. The highest BCUT2D eigenvalue weighted by atomic mass is 16.1. The van der Waals surface area contributed by atoms with Gasteiger partial charge in [-0.1, -0.05) is 12.8 Å². The molecule has 2 heterocycles. The first-order chi connectivity index (χ1) is 14.0. The van der Waals surface area contributed by atoms with Gasteiger partial charge in [0.15, 0.2) is 11.6 Å². The minimum atomic E-state index is 0.129. The van der Waals surface area contributed by atoms with E-state index in [2.05, 4.69) is 32.9 Å². The lowest BCUT2D eigenvalue weighted by Crippen LogP contribution is -2.20. The molecule has 2 N–H and O–H groups in total.